The molecule has 4 nitrogen and oxygen atoms in total. The molecule has 0 aliphatic rings. The van der Waals surface area contributed by atoms with Gasteiger partial charge < -0.3 is 14.5 Å². The molecule has 0 spiro atoms. The van der Waals surface area contributed by atoms with E-state index in [9.17, 15) is 4.79 Å². The lowest BCUT2D eigenvalue weighted by atomic mass is 10.0. The van der Waals surface area contributed by atoms with Gasteiger partial charge in [-0.05, 0) is 22.9 Å². The number of hydrogen-bond acceptors (Lipinski definition) is 3. The molecule has 3 aromatic carbocycles. The number of hydrogen-bond donors (Lipinski definition) is 1. The van der Waals surface area contributed by atoms with Gasteiger partial charge in [0.15, 0.2) is 0 Å². The van der Waals surface area contributed by atoms with Crippen molar-refractivity contribution < 1.29 is 13.9 Å². The number of ether oxygens (including phenoxy) is 1. The summed E-state index contributed by atoms with van der Waals surface area (Å²) in [7, 11) is 1.64. The van der Waals surface area contributed by atoms with E-state index in [4.69, 9.17) is 9.15 Å². The Hall–Kier alpha value is -3.11. The number of fused-ring (bicyclic) bond motifs is 3. The van der Waals surface area contributed by atoms with Crippen LogP contribution in [0.3, 0.4) is 0 Å². The highest BCUT2D eigenvalue weighted by molar-refractivity contribution is 6.09. The average Bonchev–Trinajstić information content (AvgIpc) is 3.07. The lowest BCUT2D eigenvalue weighted by Crippen LogP contribution is -2.15. The zero-order valence-electron chi connectivity index (χ0n) is 14.5. The van der Waals surface area contributed by atoms with Gasteiger partial charge in [-0.3, -0.25) is 4.79 Å². The number of anilines is 1. The first-order valence-electron chi connectivity index (χ1n) is 8.51. The second-order valence-electron chi connectivity index (χ2n) is 6.24. The minimum atomic E-state index is -0.0795. The maximum Gasteiger partial charge on any atom is 0.228 e. The van der Waals surface area contributed by atoms with Crippen molar-refractivity contribution >= 4 is 33.3 Å². The molecule has 0 aliphatic carbocycles. The van der Waals surface area contributed by atoms with E-state index in [1.165, 1.54) is 0 Å². The number of methoxy groups -OCH3 is 1. The van der Waals surface area contributed by atoms with Gasteiger partial charge in [-0.15, -0.1) is 0 Å². The molecule has 0 unspecified atom stereocenters. The van der Waals surface area contributed by atoms with Crippen LogP contribution in [0, 0.1) is 0 Å². The summed E-state index contributed by atoms with van der Waals surface area (Å²) in [5.41, 5.74) is 3.41. The third-order valence-electron chi connectivity index (χ3n) is 4.48. The van der Waals surface area contributed by atoms with E-state index in [0.717, 1.165) is 38.6 Å². The van der Waals surface area contributed by atoms with Crippen molar-refractivity contribution in [2.45, 2.75) is 13.0 Å². The van der Waals surface area contributed by atoms with Crippen LogP contribution in [0.4, 0.5) is 5.69 Å². The van der Waals surface area contributed by atoms with E-state index in [-0.39, 0.29) is 12.3 Å². The lowest BCUT2D eigenvalue weighted by Gasteiger charge is -2.10. The second kappa shape index (κ2) is 7.02. The highest BCUT2D eigenvalue weighted by Gasteiger charge is 2.14. The Balaban J connectivity index is 1.64. The molecule has 0 atom stereocenters. The fourth-order valence-electron chi connectivity index (χ4n) is 3.30. The van der Waals surface area contributed by atoms with Gasteiger partial charge in [-0.25, -0.2) is 0 Å². The topological polar surface area (TPSA) is 51.5 Å². The largest absolute Gasteiger partial charge is 0.464 e. The van der Waals surface area contributed by atoms with E-state index in [0.29, 0.717) is 6.61 Å². The van der Waals surface area contributed by atoms with Crippen LogP contribution in [0.25, 0.3) is 21.7 Å². The molecule has 130 valence electrons. The highest BCUT2D eigenvalue weighted by atomic mass is 16.5. The third-order valence-corrected chi connectivity index (χ3v) is 4.48. The molecule has 1 amide bonds. The molecule has 0 aliphatic heterocycles. The van der Waals surface area contributed by atoms with E-state index in [1.54, 1.807) is 13.4 Å². The Morgan fingerprint density at radius 3 is 2.69 bits per heavy atom. The number of nitrogens with one attached hydrogen (secondary N) is 1. The van der Waals surface area contributed by atoms with Crippen LogP contribution in [0.1, 0.15) is 11.1 Å². The van der Waals surface area contributed by atoms with Gasteiger partial charge in [0.1, 0.15) is 5.58 Å². The number of rotatable bonds is 5. The zero-order valence-corrected chi connectivity index (χ0v) is 14.5. The summed E-state index contributed by atoms with van der Waals surface area (Å²) in [5, 5.41) is 6.22. The van der Waals surface area contributed by atoms with Crippen LogP contribution >= 0.6 is 0 Å². The van der Waals surface area contributed by atoms with Crippen LogP contribution in [-0.2, 0) is 22.6 Å². The van der Waals surface area contributed by atoms with Crippen LogP contribution in [0.2, 0.25) is 0 Å². The molecule has 0 fully saturated rings. The number of furan rings is 1. The fraction of sp³-hybridized carbons (Fsp3) is 0.136. The predicted octanol–water partition coefficient (Wildman–Crippen LogP) is 4.91. The van der Waals surface area contributed by atoms with Gasteiger partial charge in [0.25, 0.3) is 0 Å². The van der Waals surface area contributed by atoms with E-state index in [1.807, 2.05) is 48.5 Å². The molecule has 0 bridgehead atoms. The van der Waals surface area contributed by atoms with Gasteiger partial charge in [0, 0.05) is 29.3 Å². The number of carbonyl (C=O) groups is 1. The molecule has 4 aromatic rings. The first-order chi connectivity index (χ1) is 12.8. The van der Waals surface area contributed by atoms with Crippen LogP contribution in [0.5, 0.6) is 0 Å². The monoisotopic (exact) mass is 345 g/mol. The van der Waals surface area contributed by atoms with Gasteiger partial charge in [-0.1, -0.05) is 48.5 Å². The van der Waals surface area contributed by atoms with Gasteiger partial charge in [-0.2, -0.15) is 0 Å². The summed E-state index contributed by atoms with van der Waals surface area (Å²) in [6.07, 6.45) is 1.93. The van der Waals surface area contributed by atoms with Crippen LogP contribution in [0.15, 0.2) is 71.3 Å². The van der Waals surface area contributed by atoms with Crippen molar-refractivity contribution in [1.82, 2.24) is 0 Å². The Bertz CT molecular complexity index is 1080. The SMILES string of the molecule is COCc1ccccc1NC(=O)Cc1coc2ccc3ccccc3c12. The van der Waals surface area contributed by atoms with Gasteiger partial charge in [0.05, 0.1) is 19.3 Å². The number of para-hydroxylation sites is 1. The summed E-state index contributed by atoms with van der Waals surface area (Å²) >= 11 is 0. The lowest BCUT2D eigenvalue weighted by molar-refractivity contribution is -0.115. The standard InChI is InChI=1S/C22H19NO3/c1-25-13-16-7-3-5-9-19(16)23-21(24)12-17-14-26-20-11-10-15-6-2-4-8-18(15)22(17)20/h2-11,14H,12-13H2,1H3,(H,23,24). The molecule has 4 rings (SSSR count). The van der Waals surface area contributed by atoms with Gasteiger partial charge >= 0.3 is 0 Å². The molecular formula is C22H19NO3. The van der Waals surface area contributed by atoms with Crippen molar-refractivity contribution in [3.8, 4) is 0 Å². The van der Waals surface area contributed by atoms with E-state index < -0.39 is 0 Å². The molecule has 1 N–H and O–H groups in total. The van der Waals surface area contributed by atoms with Crippen molar-refractivity contribution in [1.29, 1.82) is 0 Å². The first-order valence-corrected chi connectivity index (χ1v) is 8.51. The summed E-state index contributed by atoms with van der Waals surface area (Å²) < 4.78 is 10.9. The van der Waals surface area contributed by atoms with Crippen LogP contribution in [-0.4, -0.2) is 13.0 Å². The Kier molecular flexibility index (Phi) is 4.42. The minimum Gasteiger partial charge on any atom is -0.464 e. The smallest absolute Gasteiger partial charge is 0.228 e. The first kappa shape index (κ1) is 16.4. The molecule has 0 radical (unpaired) electrons. The third kappa shape index (κ3) is 3.07. The quantitative estimate of drug-likeness (QED) is 0.559. The van der Waals surface area contributed by atoms with Crippen molar-refractivity contribution in [3.63, 3.8) is 0 Å². The molecule has 0 saturated carbocycles. The molecular weight excluding hydrogens is 326 g/mol. The maximum absolute atomic E-state index is 12.6. The molecule has 4 heteroatoms. The van der Waals surface area contributed by atoms with Crippen LogP contribution < -0.4 is 5.32 Å². The van der Waals surface area contributed by atoms with Crippen molar-refractivity contribution in [3.05, 3.63) is 78.1 Å². The number of benzene rings is 3. The zero-order chi connectivity index (χ0) is 17.9. The predicted molar refractivity (Wildman–Crippen MR) is 103 cm³/mol. The molecule has 0 saturated heterocycles. The number of amides is 1. The fourth-order valence-corrected chi connectivity index (χ4v) is 3.30. The number of carbonyl (C=O) groups excluding carboxylic acids is 1. The summed E-state index contributed by atoms with van der Waals surface area (Å²) in [5.74, 6) is -0.0795. The second-order valence-corrected chi connectivity index (χ2v) is 6.24. The van der Waals surface area contributed by atoms with E-state index in [2.05, 4.69) is 17.4 Å². The molecule has 1 aromatic heterocycles. The summed E-state index contributed by atoms with van der Waals surface area (Å²) in [4.78, 5) is 12.6. The summed E-state index contributed by atoms with van der Waals surface area (Å²) in [6, 6.07) is 19.8. The van der Waals surface area contributed by atoms with Crippen molar-refractivity contribution in [2.24, 2.45) is 0 Å². The Labute approximate surface area is 151 Å². The average molecular weight is 345 g/mol. The maximum atomic E-state index is 12.6. The Morgan fingerprint density at radius 2 is 1.81 bits per heavy atom. The highest BCUT2D eigenvalue weighted by Crippen LogP contribution is 2.30. The molecule has 1 heterocycles. The normalized spacial score (nSPS) is 11.1. The molecule has 26 heavy (non-hydrogen) atoms. The minimum absolute atomic E-state index is 0.0795. The van der Waals surface area contributed by atoms with Crippen molar-refractivity contribution in [2.75, 3.05) is 12.4 Å². The van der Waals surface area contributed by atoms with E-state index >= 15 is 0 Å². The summed E-state index contributed by atoms with van der Waals surface area (Å²) in [6.45, 7) is 0.454. The van der Waals surface area contributed by atoms with Gasteiger partial charge in [0.2, 0.25) is 5.91 Å². The Morgan fingerprint density at radius 1 is 1.00 bits per heavy atom.